The van der Waals surface area contributed by atoms with E-state index in [1.807, 2.05) is 30.3 Å². The Kier molecular flexibility index (Phi) is 6.42. The molecule has 1 aliphatic rings. The Morgan fingerprint density at radius 1 is 0.882 bits per heavy atom. The zero-order valence-electron chi connectivity index (χ0n) is 18.9. The van der Waals surface area contributed by atoms with Crippen LogP contribution in [0.4, 0.5) is 21.5 Å². The van der Waals surface area contributed by atoms with Crippen LogP contribution in [0.3, 0.4) is 0 Å². The van der Waals surface area contributed by atoms with E-state index < -0.39 is 17.6 Å². The molecule has 0 spiro atoms. The number of nitriles is 1. The van der Waals surface area contributed by atoms with Crippen molar-refractivity contribution >= 4 is 34.4 Å². The van der Waals surface area contributed by atoms with Gasteiger partial charge in [0, 0.05) is 24.5 Å². The van der Waals surface area contributed by atoms with Crippen LogP contribution in [0.5, 0.6) is 0 Å². The molecule has 0 fully saturated rings. The highest BCUT2D eigenvalue weighted by atomic mass is 19.1. The van der Waals surface area contributed by atoms with Crippen molar-refractivity contribution < 1.29 is 14.0 Å². The van der Waals surface area contributed by atoms with Crippen molar-refractivity contribution in [3.63, 3.8) is 0 Å². The van der Waals surface area contributed by atoms with E-state index in [4.69, 9.17) is 5.26 Å². The van der Waals surface area contributed by atoms with Gasteiger partial charge in [0.05, 0.1) is 22.9 Å². The van der Waals surface area contributed by atoms with E-state index in [1.54, 1.807) is 24.3 Å². The van der Waals surface area contributed by atoms with E-state index in [2.05, 4.69) is 24.1 Å². The van der Waals surface area contributed by atoms with Gasteiger partial charge in [-0.15, -0.1) is 0 Å². The van der Waals surface area contributed by atoms with Crippen molar-refractivity contribution in [3.8, 4) is 6.07 Å². The number of amides is 2. The molecule has 3 aromatic carbocycles. The van der Waals surface area contributed by atoms with E-state index in [0.717, 1.165) is 23.7 Å². The van der Waals surface area contributed by atoms with Gasteiger partial charge in [0.2, 0.25) is 0 Å². The van der Waals surface area contributed by atoms with Crippen molar-refractivity contribution in [2.24, 2.45) is 0 Å². The van der Waals surface area contributed by atoms with Crippen LogP contribution in [-0.4, -0.2) is 24.9 Å². The van der Waals surface area contributed by atoms with E-state index in [0.29, 0.717) is 22.5 Å². The number of halogens is 1. The third kappa shape index (κ3) is 4.26. The Morgan fingerprint density at radius 2 is 1.50 bits per heavy atom. The monoisotopic (exact) mass is 454 g/mol. The first kappa shape index (κ1) is 22.7. The number of rotatable bonds is 7. The van der Waals surface area contributed by atoms with Crippen LogP contribution in [0, 0.1) is 17.1 Å². The smallest absolute Gasteiger partial charge is 0.282 e. The van der Waals surface area contributed by atoms with Crippen molar-refractivity contribution in [3.05, 3.63) is 95.4 Å². The highest BCUT2D eigenvalue weighted by Gasteiger charge is 2.40. The van der Waals surface area contributed by atoms with Gasteiger partial charge in [0.1, 0.15) is 11.5 Å². The lowest BCUT2D eigenvalue weighted by Gasteiger charge is -2.21. The number of anilines is 3. The Morgan fingerprint density at radius 3 is 2.06 bits per heavy atom. The summed E-state index contributed by atoms with van der Waals surface area (Å²) in [5.41, 5.74) is 3.16. The van der Waals surface area contributed by atoms with E-state index >= 15 is 0 Å². The van der Waals surface area contributed by atoms with Gasteiger partial charge in [-0.2, -0.15) is 5.26 Å². The number of imide groups is 1. The maximum Gasteiger partial charge on any atom is 0.282 e. The molecule has 6 nitrogen and oxygen atoms in total. The predicted molar refractivity (Wildman–Crippen MR) is 131 cm³/mol. The molecule has 2 amide bonds. The number of carbonyl (C=O) groups excluding carboxylic acids is 2. The number of benzene rings is 3. The van der Waals surface area contributed by atoms with Gasteiger partial charge in [0.25, 0.3) is 11.8 Å². The minimum Gasteiger partial charge on any atom is -0.372 e. The molecule has 0 aromatic heterocycles. The maximum absolute atomic E-state index is 13.5. The SMILES string of the molecule is CCN(CC)c1ccc(NC2=C(c3ccc(F)cc3)C(=O)N(c3ccc(C#N)cc3)C2=O)cc1. The molecule has 170 valence electrons. The van der Waals surface area contributed by atoms with Crippen LogP contribution in [0.2, 0.25) is 0 Å². The molecule has 34 heavy (non-hydrogen) atoms. The lowest BCUT2D eigenvalue weighted by Crippen LogP contribution is -2.32. The fourth-order valence-corrected chi connectivity index (χ4v) is 3.94. The molecule has 0 atom stereocenters. The molecule has 0 saturated heterocycles. The van der Waals surface area contributed by atoms with E-state index in [-0.39, 0.29) is 11.3 Å². The first-order valence-electron chi connectivity index (χ1n) is 11.0. The third-order valence-electron chi connectivity index (χ3n) is 5.74. The molecule has 0 radical (unpaired) electrons. The molecule has 1 N–H and O–H groups in total. The van der Waals surface area contributed by atoms with Crippen LogP contribution < -0.4 is 15.1 Å². The van der Waals surface area contributed by atoms with Crippen molar-refractivity contribution in [2.45, 2.75) is 13.8 Å². The van der Waals surface area contributed by atoms with E-state index in [1.165, 1.54) is 24.3 Å². The highest BCUT2D eigenvalue weighted by Crippen LogP contribution is 2.34. The van der Waals surface area contributed by atoms with Gasteiger partial charge in [-0.25, -0.2) is 9.29 Å². The molecule has 1 aliphatic heterocycles. The second kappa shape index (κ2) is 9.59. The Bertz CT molecular complexity index is 1290. The molecule has 1 heterocycles. The van der Waals surface area contributed by atoms with Gasteiger partial charge in [-0.3, -0.25) is 9.59 Å². The molecular formula is C27H23FN4O2. The summed E-state index contributed by atoms with van der Waals surface area (Å²) >= 11 is 0. The molecular weight excluding hydrogens is 431 g/mol. The van der Waals surface area contributed by atoms with Crippen LogP contribution >= 0.6 is 0 Å². The fourth-order valence-electron chi connectivity index (χ4n) is 3.94. The van der Waals surface area contributed by atoms with Crippen molar-refractivity contribution in [2.75, 3.05) is 28.2 Å². The van der Waals surface area contributed by atoms with Gasteiger partial charge >= 0.3 is 0 Å². The number of carbonyl (C=O) groups is 2. The zero-order valence-corrected chi connectivity index (χ0v) is 18.9. The Balaban J connectivity index is 1.73. The van der Waals surface area contributed by atoms with Crippen LogP contribution in [-0.2, 0) is 9.59 Å². The molecule has 4 rings (SSSR count). The fraction of sp³-hybridized carbons (Fsp3) is 0.148. The summed E-state index contributed by atoms with van der Waals surface area (Å²) in [4.78, 5) is 30.1. The normalized spacial score (nSPS) is 13.3. The van der Waals surface area contributed by atoms with Gasteiger partial charge in [-0.05, 0) is 80.1 Å². The molecule has 3 aromatic rings. The summed E-state index contributed by atoms with van der Waals surface area (Å²) < 4.78 is 13.5. The van der Waals surface area contributed by atoms with Gasteiger partial charge in [0.15, 0.2) is 0 Å². The minimum atomic E-state index is -0.526. The number of hydrogen-bond acceptors (Lipinski definition) is 5. The quantitative estimate of drug-likeness (QED) is 0.512. The summed E-state index contributed by atoms with van der Waals surface area (Å²) in [6.45, 7) is 5.90. The first-order chi connectivity index (χ1) is 16.5. The van der Waals surface area contributed by atoms with Crippen LogP contribution in [0.25, 0.3) is 5.57 Å². The number of hydrogen-bond donors (Lipinski definition) is 1. The highest BCUT2D eigenvalue weighted by molar-refractivity contribution is 6.46. The van der Waals surface area contributed by atoms with Gasteiger partial charge in [-0.1, -0.05) is 12.1 Å². The average Bonchev–Trinajstić information content (AvgIpc) is 3.10. The number of nitrogens with one attached hydrogen (secondary N) is 1. The summed E-state index contributed by atoms with van der Waals surface area (Å²) in [6.07, 6.45) is 0. The Labute approximate surface area is 197 Å². The molecule has 0 bridgehead atoms. The zero-order chi connectivity index (χ0) is 24.2. The van der Waals surface area contributed by atoms with E-state index in [9.17, 15) is 14.0 Å². The first-order valence-corrected chi connectivity index (χ1v) is 11.0. The molecule has 0 saturated carbocycles. The maximum atomic E-state index is 13.5. The van der Waals surface area contributed by atoms with Crippen molar-refractivity contribution in [1.29, 1.82) is 5.26 Å². The standard InChI is InChI=1S/C27H23FN4O2/c1-3-31(4-2)22-15-11-21(12-16-22)30-25-24(19-7-9-20(28)10-8-19)26(33)32(27(25)34)23-13-5-18(17-29)6-14-23/h5-16,30H,3-4H2,1-2H3. The molecule has 0 aliphatic carbocycles. The third-order valence-corrected chi connectivity index (χ3v) is 5.74. The Hall–Kier alpha value is -4.44. The summed E-state index contributed by atoms with van der Waals surface area (Å²) in [6, 6.07) is 21.3. The lowest BCUT2D eigenvalue weighted by molar-refractivity contribution is -0.120. The second-order valence-corrected chi connectivity index (χ2v) is 7.71. The summed E-state index contributed by atoms with van der Waals surface area (Å²) in [7, 11) is 0. The minimum absolute atomic E-state index is 0.108. The largest absolute Gasteiger partial charge is 0.372 e. The van der Waals surface area contributed by atoms with Crippen LogP contribution in [0.1, 0.15) is 25.0 Å². The summed E-state index contributed by atoms with van der Waals surface area (Å²) in [5.74, 6) is -1.49. The topological polar surface area (TPSA) is 76.4 Å². The predicted octanol–water partition coefficient (Wildman–Crippen LogP) is 4.94. The van der Waals surface area contributed by atoms with Crippen molar-refractivity contribution in [1.82, 2.24) is 0 Å². The molecule has 0 unspecified atom stereocenters. The summed E-state index contributed by atoms with van der Waals surface area (Å²) in [5, 5.41) is 12.2. The number of nitrogens with zero attached hydrogens (tertiary/aromatic N) is 3. The van der Waals surface area contributed by atoms with Crippen LogP contribution in [0.15, 0.2) is 78.5 Å². The van der Waals surface area contributed by atoms with Gasteiger partial charge < -0.3 is 10.2 Å². The second-order valence-electron chi connectivity index (χ2n) is 7.71. The molecule has 7 heteroatoms. The average molecular weight is 455 g/mol. The lowest BCUT2D eigenvalue weighted by atomic mass is 10.0.